The lowest BCUT2D eigenvalue weighted by molar-refractivity contribution is -0.127. The summed E-state index contributed by atoms with van der Waals surface area (Å²) in [5.41, 5.74) is -0.317. The molecule has 1 aromatic rings. The van der Waals surface area contributed by atoms with E-state index in [-0.39, 0.29) is 29.1 Å². The van der Waals surface area contributed by atoms with Crippen LogP contribution in [0.2, 0.25) is 0 Å². The van der Waals surface area contributed by atoms with Gasteiger partial charge in [0.1, 0.15) is 29.8 Å². The molecule has 0 aromatic carbocycles. The predicted molar refractivity (Wildman–Crippen MR) is 89.2 cm³/mol. The molecule has 25 heavy (non-hydrogen) atoms. The lowest BCUT2D eigenvalue weighted by Crippen LogP contribution is -2.53. The van der Waals surface area contributed by atoms with Crippen LogP contribution in [0.1, 0.15) is 34.1 Å². The third kappa shape index (κ3) is 5.13. The lowest BCUT2D eigenvalue weighted by Gasteiger charge is -2.27. The zero-order chi connectivity index (χ0) is 18.8. The molecule has 1 saturated heterocycles. The van der Waals surface area contributed by atoms with Gasteiger partial charge in [0, 0.05) is 0 Å². The minimum atomic E-state index is -3.91. The van der Waals surface area contributed by atoms with Gasteiger partial charge < -0.3 is 14.5 Å². The molecule has 8 nitrogen and oxygen atoms in total. The fourth-order valence-electron chi connectivity index (χ4n) is 2.57. The summed E-state index contributed by atoms with van der Waals surface area (Å²) in [6.45, 7) is 7.31. The first-order valence-electron chi connectivity index (χ1n) is 7.99. The van der Waals surface area contributed by atoms with Gasteiger partial charge in [0.2, 0.25) is 15.9 Å². The lowest BCUT2D eigenvalue weighted by atomic mass is 9.88. The van der Waals surface area contributed by atoms with Gasteiger partial charge >= 0.3 is 0 Å². The Kier molecular flexibility index (Phi) is 5.70. The van der Waals surface area contributed by atoms with Crippen LogP contribution >= 0.6 is 0 Å². The van der Waals surface area contributed by atoms with E-state index in [1.165, 1.54) is 12.3 Å². The van der Waals surface area contributed by atoms with Crippen LogP contribution < -0.4 is 10.0 Å². The number of hydrogen-bond donors (Lipinski definition) is 2. The third-order valence-electron chi connectivity index (χ3n) is 3.84. The zero-order valence-electron chi connectivity index (χ0n) is 14.7. The van der Waals surface area contributed by atoms with E-state index in [4.69, 9.17) is 9.15 Å². The van der Waals surface area contributed by atoms with Crippen LogP contribution in [0.3, 0.4) is 0 Å². The van der Waals surface area contributed by atoms with Crippen LogP contribution in [0, 0.1) is 5.41 Å². The Morgan fingerprint density at radius 1 is 1.40 bits per heavy atom. The minimum absolute atomic E-state index is 0.0587. The van der Waals surface area contributed by atoms with E-state index >= 15 is 0 Å². The number of ketones is 1. The molecule has 1 fully saturated rings. The number of carbonyl (C=O) groups excluding carboxylic acids is 2. The highest BCUT2D eigenvalue weighted by atomic mass is 32.2. The van der Waals surface area contributed by atoms with Gasteiger partial charge in [-0.1, -0.05) is 20.8 Å². The summed E-state index contributed by atoms with van der Waals surface area (Å²) in [5, 5.41) is 2.61. The second-order valence-electron chi connectivity index (χ2n) is 7.37. The molecule has 1 aromatic heterocycles. The van der Waals surface area contributed by atoms with E-state index in [9.17, 15) is 18.0 Å². The first-order valence-corrected chi connectivity index (χ1v) is 9.47. The molecule has 2 rings (SSSR count). The fourth-order valence-corrected chi connectivity index (χ4v) is 3.69. The molecule has 1 aliphatic rings. The van der Waals surface area contributed by atoms with Crippen molar-refractivity contribution in [1.82, 2.24) is 10.0 Å². The van der Waals surface area contributed by atoms with Gasteiger partial charge in [0.15, 0.2) is 5.78 Å². The van der Waals surface area contributed by atoms with Crippen LogP contribution in [0.5, 0.6) is 0 Å². The number of Topliss-reactive ketones (excluding diaryl/α,β-unsaturated/α-hetero) is 1. The topological polar surface area (TPSA) is 115 Å². The summed E-state index contributed by atoms with van der Waals surface area (Å²) in [6.07, 6.45) is 2.14. The Morgan fingerprint density at radius 3 is 2.56 bits per heavy atom. The summed E-state index contributed by atoms with van der Waals surface area (Å²) in [4.78, 5) is 24.4. The Hall–Kier alpha value is -1.71. The maximum absolute atomic E-state index is 12.6. The maximum Gasteiger partial charge on any atom is 0.244 e. The van der Waals surface area contributed by atoms with Crippen molar-refractivity contribution in [3.8, 4) is 0 Å². The monoisotopic (exact) mass is 372 g/mol. The van der Waals surface area contributed by atoms with Crippen LogP contribution in [-0.4, -0.2) is 44.9 Å². The SMILES string of the molecule is C[C@@H]1OCC(=O)[C@H]1NC(=O)[C@H](CC(C)(C)C)NS(=O)(=O)c1ccoc1. The first kappa shape index (κ1) is 19.6. The van der Waals surface area contributed by atoms with Gasteiger partial charge in [-0.3, -0.25) is 9.59 Å². The minimum Gasteiger partial charge on any atom is -0.471 e. The molecule has 1 aliphatic heterocycles. The highest BCUT2D eigenvalue weighted by Gasteiger charge is 2.37. The molecular formula is C16H24N2O6S. The summed E-state index contributed by atoms with van der Waals surface area (Å²) in [5.74, 6) is -0.786. The summed E-state index contributed by atoms with van der Waals surface area (Å²) >= 11 is 0. The van der Waals surface area contributed by atoms with Gasteiger partial charge in [-0.05, 0) is 24.8 Å². The van der Waals surface area contributed by atoms with E-state index in [0.29, 0.717) is 0 Å². The van der Waals surface area contributed by atoms with Crippen molar-refractivity contribution in [2.24, 2.45) is 5.41 Å². The molecule has 2 N–H and O–H groups in total. The Morgan fingerprint density at radius 2 is 2.08 bits per heavy atom. The number of hydrogen-bond acceptors (Lipinski definition) is 6. The smallest absolute Gasteiger partial charge is 0.244 e. The van der Waals surface area contributed by atoms with Crippen molar-refractivity contribution in [2.75, 3.05) is 6.61 Å². The van der Waals surface area contributed by atoms with Crippen LogP contribution in [0.4, 0.5) is 0 Å². The fraction of sp³-hybridized carbons (Fsp3) is 0.625. The van der Waals surface area contributed by atoms with Crippen molar-refractivity contribution >= 4 is 21.7 Å². The summed E-state index contributed by atoms with van der Waals surface area (Å²) < 4.78 is 37.2. The Labute approximate surface area is 147 Å². The van der Waals surface area contributed by atoms with E-state index in [1.807, 2.05) is 20.8 Å². The van der Waals surface area contributed by atoms with Crippen molar-refractivity contribution in [3.05, 3.63) is 18.6 Å². The number of furan rings is 1. The second-order valence-corrected chi connectivity index (χ2v) is 9.08. The van der Waals surface area contributed by atoms with Crippen LogP contribution in [0.25, 0.3) is 0 Å². The molecule has 0 bridgehead atoms. The van der Waals surface area contributed by atoms with Crippen molar-refractivity contribution in [3.63, 3.8) is 0 Å². The molecule has 2 heterocycles. The normalized spacial score (nSPS) is 22.8. The van der Waals surface area contributed by atoms with Gasteiger partial charge in [0.25, 0.3) is 0 Å². The van der Waals surface area contributed by atoms with Gasteiger partial charge in [-0.2, -0.15) is 4.72 Å². The number of rotatable bonds is 6. The average Bonchev–Trinajstić information content (AvgIpc) is 3.11. The molecule has 140 valence electrons. The Bertz CT molecular complexity index is 720. The molecular weight excluding hydrogens is 348 g/mol. The summed E-state index contributed by atoms with van der Waals surface area (Å²) in [6, 6.07) is -0.501. The second kappa shape index (κ2) is 7.27. The standard InChI is InChI=1S/C16H24N2O6S/c1-10-14(13(19)9-24-10)17-15(20)12(7-16(2,3)4)18-25(21,22)11-5-6-23-8-11/h5-6,8,10,12,14,18H,7,9H2,1-4H3,(H,17,20)/t10-,12-,14-/m0/s1. The number of nitrogens with one attached hydrogen (secondary N) is 2. The van der Waals surface area contributed by atoms with Gasteiger partial charge in [-0.15, -0.1) is 0 Å². The average molecular weight is 372 g/mol. The summed E-state index contributed by atoms with van der Waals surface area (Å²) in [7, 11) is -3.91. The molecule has 1 amide bonds. The van der Waals surface area contributed by atoms with E-state index in [2.05, 4.69) is 10.0 Å². The number of ether oxygens (including phenoxy) is 1. The number of amides is 1. The van der Waals surface area contributed by atoms with E-state index in [1.54, 1.807) is 6.92 Å². The maximum atomic E-state index is 12.6. The van der Waals surface area contributed by atoms with Gasteiger partial charge in [0.05, 0.1) is 12.4 Å². The zero-order valence-corrected chi connectivity index (χ0v) is 15.6. The number of sulfonamides is 1. The quantitative estimate of drug-likeness (QED) is 0.764. The van der Waals surface area contributed by atoms with Crippen molar-refractivity contribution < 1.29 is 27.2 Å². The molecule has 0 spiro atoms. The third-order valence-corrected chi connectivity index (χ3v) is 5.29. The van der Waals surface area contributed by atoms with E-state index < -0.39 is 34.1 Å². The van der Waals surface area contributed by atoms with Crippen LogP contribution in [0.15, 0.2) is 27.9 Å². The first-order chi connectivity index (χ1) is 11.5. The number of carbonyl (C=O) groups is 2. The molecule has 0 aliphatic carbocycles. The molecule has 9 heteroatoms. The van der Waals surface area contributed by atoms with Crippen LogP contribution in [-0.2, 0) is 24.3 Å². The van der Waals surface area contributed by atoms with Crippen molar-refractivity contribution in [1.29, 1.82) is 0 Å². The molecule has 3 atom stereocenters. The van der Waals surface area contributed by atoms with E-state index in [0.717, 1.165) is 6.26 Å². The Balaban J connectivity index is 2.18. The highest BCUT2D eigenvalue weighted by molar-refractivity contribution is 7.89. The van der Waals surface area contributed by atoms with Crippen molar-refractivity contribution in [2.45, 2.75) is 57.2 Å². The molecule has 0 saturated carbocycles. The predicted octanol–water partition coefficient (Wildman–Crippen LogP) is 0.835. The molecule has 0 unspecified atom stereocenters. The highest BCUT2D eigenvalue weighted by Crippen LogP contribution is 2.23. The molecule has 0 radical (unpaired) electrons. The largest absolute Gasteiger partial charge is 0.471 e. The van der Waals surface area contributed by atoms with Gasteiger partial charge in [-0.25, -0.2) is 8.42 Å².